The predicted molar refractivity (Wildman–Crippen MR) is 52.0 cm³/mol. The van der Waals surface area contributed by atoms with Gasteiger partial charge in [0.15, 0.2) is 0 Å². The Balaban J connectivity index is 2.44. The van der Waals surface area contributed by atoms with Crippen molar-refractivity contribution in [1.29, 1.82) is 0 Å². The molecule has 0 aromatic rings. The normalized spacial score (nSPS) is 29.3. The molecule has 3 unspecified atom stereocenters. The lowest BCUT2D eigenvalue weighted by Crippen LogP contribution is -2.38. The van der Waals surface area contributed by atoms with Crippen LogP contribution in [0.4, 0.5) is 0 Å². The van der Waals surface area contributed by atoms with E-state index in [9.17, 15) is 4.79 Å². The zero-order valence-corrected chi connectivity index (χ0v) is 8.13. The van der Waals surface area contributed by atoms with Gasteiger partial charge in [0.1, 0.15) is 0 Å². The molecule has 0 aromatic carbocycles. The molecule has 13 heavy (non-hydrogen) atoms. The molecule has 0 aromatic heterocycles. The van der Waals surface area contributed by atoms with Crippen molar-refractivity contribution in [2.75, 3.05) is 13.1 Å². The summed E-state index contributed by atoms with van der Waals surface area (Å²) in [5.41, 5.74) is 0. The first-order valence-corrected chi connectivity index (χ1v) is 4.62. The second-order valence-corrected chi connectivity index (χ2v) is 3.64. The molecule has 72 valence electrons. The number of nitrogens with one attached hydrogen (secondary N) is 2. The van der Waals surface area contributed by atoms with E-state index in [4.69, 9.17) is 6.42 Å². The summed E-state index contributed by atoms with van der Waals surface area (Å²) in [6, 6.07) is -0.166. The molecular formula is C10H16N2O. The van der Waals surface area contributed by atoms with Gasteiger partial charge in [-0.3, -0.25) is 4.79 Å². The number of hydrogen-bond donors (Lipinski definition) is 2. The zero-order valence-electron chi connectivity index (χ0n) is 8.13. The Morgan fingerprint density at radius 1 is 1.69 bits per heavy atom. The second kappa shape index (κ2) is 4.29. The number of rotatable bonds is 2. The highest BCUT2D eigenvalue weighted by Crippen LogP contribution is 2.15. The van der Waals surface area contributed by atoms with Crippen molar-refractivity contribution >= 4 is 5.91 Å². The van der Waals surface area contributed by atoms with Crippen LogP contribution in [0.15, 0.2) is 0 Å². The molecule has 3 nitrogen and oxygen atoms in total. The van der Waals surface area contributed by atoms with Crippen molar-refractivity contribution in [3.8, 4) is 12.3 Å². The summed E-state index contributed by atoms with van der Waals surface area (Å²) in [6.45, 7) is 5.57. The Bertz CT molecular complexity index is 232. The summed E-state index contributed by atoms with van der Waals surface area (Å²) >= 11 is 0. The first-order chi connectivity index (χ1) is 6.15. The average Bonchev–Trinajstić information content (AvgIpc) is 2.51. The van der Waals surface area contributed by atoms with Gasteiger partial charge in [0, 0.05) is 6.54 Å². The molecule has 3 atom stereocenters. The van der Waals surface area contributed by atoms with E-state index < -0.39 is 0 Å². The summed E-state index contributed by atoms with van der Waals surface area (Å²) < 4.78 is 0. The number of carbonyl (C=O) groups is 1. The van der Waals surface area contributed by atoms with Gasteiger partial charge in [-0.25, -0.2) is 0 Å². The largest absolute Gasteiger partial charge is 0.342 e. The molecule has 3 heteroatoms. The SMILES string of the molecule is C#CC(C)NC(=O)C1CNCC1C. The van der Waals surface area contributed by atoms with Gasteiger partial charge in [-0.15, -0.1) is 6.42 Å². The third-order valence-electron chi connectivity index (χ3n) is 2.46. The van der Waals surface area contributed by atoms with E-state index in [1.165, 1.54) is 0 Å². The Labute approximate surface area is 79.3 Å². The molecule has 0 radical (unpaired) electrons. The van der Waals surface area contributed by atoms with Crippen molar-refractivity contribution in [3.05, 3.63) is 0 Å². The predicted octanol–water partition coefficient (Wildman–Crippen LogP) is -0.0202. The fourth-order valence-corrected chi connectivity index (χ4v) is 1.52. The standard InChI is InChI=1S/C10H16N2O/c1-4-8(3)12-10(13)9-6-11-5-7(9)2/h1,7-9,11H,5-6H2,2-3H3,(H,12,13). The Morgan fingerprint density at radius 2 is 2.38 bits per heavy atom. The molecule has 1 fully saturated rings. The third kappa shape index (κ3) is 2.46. The van der Waals surface area contributed by atoms with Crippen LogP contribution in [0, 0.1) is 24.2 Å². The number of hydrogen-bond acceptors (Lipinski definition) is 2. The minimum Gasteiger partial charge on any atom is -0.342 e. The van der Waals surface area contributed by atoms with Crippen LogP contribution in [0.2, 0.25) is 0 Å². The molecule has 0 spiro atoms. The number of terminal acetylenes is 1. The average molecular weight is 180 g/mol. The highest BCUT2D eigenvalue weighted by atomic mass is 16.2. The van der Waals surface area contributed by atoms with E-state index in [2.05, 4.69) is 23.5 Å². The van der Waals surface area contributed by atoms with Crippen molar-refractivity contribution in [2.45, 2.75) is 19.9 Å². The monoisotopic (exact) mass is 180 g/mol. The van der Waals surface area contributed by atoms with Gasteiger partial charge >= 0.3 is 0 Å². The maximum Gasteiger partial charge on any atom is 0.225 e. The first-order valence-electron chi connectivity index (χ1n) is 4.62. The maximum absolute atomic E-state index is 11.6. The highest BCUT2D eigenvalue weighted by molar-refractivity contribution is 5.80. The van der Waals surface area contributed by atoms with Gasteiger partial charge in [-0.2, -0.15) is 0 Å². The molecule has 0 saturated carbocycles. The molecule has 0 bridgehead atoms. The molecule has 2 N–H and O–H groups in total. The third-order valence-corrected chi connectivity index (χ3v) is 2.46. The minimum absolute atomic E-state index is 0.0722. The fraction of sp³-hybridized carbons (Fsp3) is 0.700. The van der Waals surface area contributed by atoms with Crippen LogP contribution < -0.4 is 10.6 Å². The zero-order chi connectivity index (χ0) is 9.84. The summed E-state index contributed by atoms with van der Waals surface area (Å²) in [4.78, 5) is 11.6. The van der Waals surface area contributed by atoms with E-state index in [1.807, 2.05) is 6.92 Å². The van der Waals surface area contributed by atoms with Crippen LogP contribution in [-0.2, 0) is 4.79 Å². The van der Waals surface area contributed by atoms with Crippen LogP contribution in [0.5, 0.6) is 0 Å². The molecule has 1 heterocycles. The van der Waals surface area contributed by atoms with Crippen molar-refractivity contribution in [1.82, 2.24) is 10.6 Å². The second-order valence-electron chi connectivity index (χ2n) is 3.64. The molecule has 1 rings (SSSR count). The molecular weight excluding hydrogens is 164 g/mol. The van der Waals surface area contributed by atoms with Crippen LogP contribution in [-0.4, -0.2) is 25.0 Å². The van der Waals surface area contributed by atoms with E-state index >= 15 is 0 Å². The van der Waals surface area contributed by atoms with Crippen LogP contribution in [0.25, 0.3) is 0 Å². The Hall–Kier alpha value is -1.01. The summed E-state index contributed by atoms with van der Waals surface area (Å²) in [5, 5.41) is 5.97. The van der Waals surface area contributed by atoms with Crippen LogP contribution in [0.3, 0.4) is 0 Å². The summed E-state index contributed by atoms with van der Waals surface area (Å²) in [5.74, 6) is 3.04. The van der Waals surface area contributed by atoms with Crippen LogP contribution in [0.1, 0.15) is 13.8 Å². The molecule has 1 amide bonds. The van der Waals surface area contributed by atoms with Gasteiger partial charge < -0.3 is 10.6 Å². The lowest BCUT2D eigenvalue weighted by atomic mass is 9.97. The molecule has 1 aliphatic rings. The van der Waals surface area contributed by atoms with Gasteiger partial charge in [0.05, 0.1) is 12.0 Å². The Kier molecular flexibility index (Phi) is 3.32. The maximum atomic E-state index is 11.6. The Morgan fingerprint density at radius 3 is 2.85 bits per heavy atom. The van der Waals surface area contributed by atoms with Gasteiger partial charge in [0.25, 0.3) is 0 Å². The molecule has 0 aliphatic carbocycles. The van der Waals surface area contributed by atoms with E-state index in [-0.39, 0.29) is 17.9 Å². The van der Waals surface area contributed by atoms with Crippen molar-refractivity contribution < 1.29 is 4.79 Å². The summed E-state index contributed by atoms with van der Waals surface area (Å²) in [6.07, 6.45) is 5.17. The number of carbonyl (C=O) groups excluding carboxylic acids is 1. The van der Waals surface area contributed by atoms with E-state index in [0.29, 0.717) is 5.92 Å². The van der Waals surface area contributed by atoms with E-state index in [0.717, 1.165) is 13.1 Å². The minimum atomic E-state index is -0.166. The molecule has 1 saturated heterocycles. The van der Waals surface area contributed by atoms with Crippen molar-refractivity contribution in [2.24, 2.45) is 11.8 Å². The summed E-state index contributed by atoms with van der Waals surface area (Å²) in [7, 11) is 0. The van der Waals surface area contributed by atoms with Gasteiger partial charge in [-0.05, 0) is 19.4 Å². The fourth-order valence-electron chi connectivity index (χ4n) is 1.52. The van der Waals surface area contributed by atoms with E-state index in [1.54, 1.807) is 0 Å². The number of amides is 1. The van der Waals surface area contributed by atoms with Crippen molar-refractivity contribution in [3.63, 3.8) is 0 Å². The smallest absolute Gasteiger partial charge is 0.225 e. The topological polar surface area (TPSA) is 41.1 Å². The molecule has 1 aliphatic heterocycles. The highest BCUT2D eigenvalue weighted by Gasteiger charge is 2.29. The van der Waals surface area contributed by atoms with Gasteiger partial charge in [-0.1, -0.05) is 12.8 Å². The lowest BCUT2D eigenvalue weighted by Gasteiger charge is -2.15. The lowest BCUT2D eigenvalue weighted by molar-refractivity contribution is -0.125. The van der Waals surface area contributed by atoms with Crippen LogP contribution >= 0.6 is 0 Å². The quantitative estimate of drug-likeness (QED) is 0.586. The first kappa shape index (κ1) is 10.1. The van der Waals surface area contributed by atoms with Gasteiger partial charge in [0.2, 0.25) is 5.91 Å².